The predicted molar refractivity (Wildman–Crippen MR) is 127 cm³/mol. The molecule has 3 aliphatic heterocycles. The third kappa shape index (κ3) is 2.74. The van der Waals surface area contributed by atoms with Crippen LogP contribution in [0.15, 0.2) is 0 Å². The third-order valence-electron chi connectivity index (χ3n) is 12.5. The lowest BCUT2D eigenvalue weighted by atomic mass is 9.43. The number of methoxy groups -OCH3 is 1. The van der Waals surface area contributed by atoms with Gasteiger partial charge in [0.2, 0.25) is 0 Å². The Balaban J connectivity index is 1.07. The van der Waals surface area contributed by atoms with Crippen LogP contribution in [0.2, 0.25) is 0 Å². The molecule has 3 heterocycles. The van der Waals surface area contributed by atoms with E-state index in [0.29, 0.717) is 22.7 Å². The smallest absolute Gasteiger partial charge is 0.169 e. The first-order chi connectivity index (χ1) is 16.2. The molecule has 6 heteroatoms. The van der Waals surface area contributed by atoms with Gasteiger partial charge in [0, 0.05) is 24.9 Å². The van der Waals surface area contributed by atoms with Crippen LogP contribution in [0.5, 0.6) is 0 Å². The molecule has 0 aromatic heterocycles. The molecule has 0 aromatic rings. The second kappa shape index (κ2) is 7.41. The highest BCUT2D eigenvalue weighted by Crippen LogP contribution is 2.78. The molecule has 0 aromatic carbocycles. The summed E-state index contributed by atoms with van der Waals surface area (Å²) in [4.78, 5) is 0. The molecule has 6 nitrogen and oxygen atoms in total. The quantitative estimate of drug-likeness (QED) is 0.611. The van der Waals surface area contributed by atoms with E-state index in [4.69, 9.17) is 29.4 Å². The number of hydrogen-bond acceptors (Lipinski definition) is 6. The molecule has 0 radical (unpaired) electrons. The highest BCUT2D eigenvalue weighted by atomic mass is 16.7. The molecule has 4 saturated carbocycles. The van der Waals surface area contributed by atoms with E-state index >= 15 is 0 Å². The lowest BCUT2D eigenvalue weighted by Gasteiger charge is -2.64. The Morgan fingerprint density at radius 2 is 1.79 bits per heavy atom. The van der Waals surface area contributed by atoms with Crippen molar-refractivity contribution in [2.75, 3.05) is 13.7 Å². The Kier molecular flexibility index (Phi) is 5.00. The molecule has 34 heavy (non-hydrogen) atoms. The van der Waals surface area contributed by atoms with Gasteiger partial charge in [0.1, 0.15) is 0 Å². The Bertz CT molecular complexity index is 840. The maximum Gasteiger partial charge on any atom is 0.169 e. The van der Waals surface area contributed by atoms with Gasteiger partial charge in [-0.1, -0.05) is 6.92 Å². The Morgan fingerprint density at radius 3 is 2.62 bits per heavy atom. The molecule has 3 saturated heterocycles. The fourth-order valence-corrected chi connectivity index (χ4v) is 10.8. The summed E-state index contributed by atoms with van der Waals surface area (Å²) in [5, 5.41) is 0. The number of hydrogen-bond donors (Lipinski definition) is 1. The predicted octanol–water partition coefficient (Wildman–Crippen LogP) is 4.39. The van der Waals surface area contributed by atoms with Crippen molar-refractivity contribution in [2.24, 2.45) is 40.2 Å². The minimum atomic E-state index is -0.309. The molecule has 7 rings (SSSR count). The van der Waals surface area contributed by atoms with E-state index in [0.717, 1.165) is 31.3 Å². The van der Waals surface area contributed by atoms with Crippen LogP contribution >= 0.6 is 0 Å². The van der Waals surface area contributed by atoms with E-state index < -0.39 is 0 Å². The molecule has 7 aliphatic rings. The Hall–Kier alpha value is -0.240. The molecule has 3 unspecified atom stereocenters. The summed E-state index contributed by atoms with van der Waals surface area (Å²) in [5.74, 6) is 2.54. The minimum Gasteiger partial charge on any atom is -0.380 e. The van der Waals surface area contributed by atoms with Crippen LogP contribution in [0.4, 0.5) is 0 Å². The van der Waals surface area contributed by atoms with E-state index in [2.05, 4.69) is 13.8 Å². The number of nitrogens with two attached hydrogens (primary N) is 1. The summed E-state index contributed by atoms with van der Waals surface area (Å²) < 4.78 is 31.6. The normalized spacial score (nSPS) is 62.2. The van der Waals surface area contributed by atoms with Crippen molar-refractivity contribution in [1.82, 2.24) is 0 Å². The van der Waals surface area contributed by atoms with Gasteiger partial charge in [0.25, 0.3) is 0 Å². The van der Waals surface area contributed by atoms with Gasteiger partial charge in [-0.2, -0.15) is 0 Å². The molecule has 1 spiro atoms. The molecule has 13 atom stereocenters. The molecular weight excluding hydrogens is 430 g/mol. The van der Waals surface area contributed by atoms with Crippen molar-refractivity contribution in [1.29, 1.82) is 0 Å². The van der Waals surface area contributed by atoms with Gasteiger partial charge in [-0.15, -0.1) is 0 Å². The highest BCUT2D eigenvalue weighted by Gasteiger charge is 2.81. The van der Waals surface area contributed by atoms with Gasteiger partial charge in [-0.3, -0.25) is 0 Å². The summed E-state index contributed by atoms with van der Waals surface area (Å²) in [6, 6.07) is -0.0836. The van der Waals surface area contributed by atoms with Crippen molar-refractivity contribution in [3.05, 3.63) is 0 Å². The van der Waals surface area contributed by atoms with E-state index in [9.17, 15) is 0 Å². The van der Waals surface area contributed by atoms with E-state index in [1.165, 1.54) is 51.4 Å². The van der Waals surface area contributed by atoms with Crippen molar-refractivity contribution in [2.45, 2.75) is 127 Å². The summed E-state index contributed by atoms with van der Waals surface area (Å²) in [6.07, 6.45) is 12.2. The van der Waals surface area contributed by atoms with Gasteiger partial charge in [-0.05, 0) is 94.8 Å². The fourth-order valence-electron chi connectivity index (χ4n) is 10.8. The van der Waals surface area contributed by atoms with Crippen LogP contribution in [-0.4, -0.2) is 55.7 Å². The van der Waals surface area contributed by atoms with Crippen LogP contribution in [0.3, 0.4) is 0 Å². The molecule has 4 bridgehead atoms. The van der Waals surface area contributed by atoms with E-state index in [1.54, 1.807) is 7.11 Å². The second-order valence-corrected chi connectivity index (χ2v) is 13.5. The van der Waals surface area contributed by atoms with Crippen molar-refractivity contribution >= 4 is 0 Å². The zero-order valence-electron chi connectivity index (χ0n) is 21.6. The van der Waals surface area contributed by atoms with Crippen LogP contribution in [0.25, 0.3) is 0 Å². The SMILES string of the molecule is CO[C@@H]1C[C@H](O[C@H]2CC[C@@]3(C)C(CCC4C3CC[C@@]35CO[C@@]6(C)O[C@@]43CC[C@H]65)C2)O[C@@H](C)[C@@H]1N. The topological polar surface area (TPSA) is 72.2 Å². The van der Waals surface area contributed by atoms with Crippen molar-refractivity contribution < 1.29 is 23.7 Å². The molecule has 192 valence electrons. The highest BCUT2D eigenvalue weighted by molar-refractivity contribution is 5.26. The maximum atomic E-state index is 7.00. The molecule has 2 N–H and O–H groups in total. The van der Waals surface area contributed by atoms with Crippen molar-refractivity contribution in [3.8, 4) is 0 Å². The molecule has 4 aliphatic carbocycles. The maximum absolute atomic E-state index is 7.00. The Labute approximate surface area is 204 Å². The lowest BCUT2D eigenvalue weighted by Crippen LogP contribution is -2.64. The minimum absolute atomic E-state index is 0.00896. The van der Waals surface area contributed by atoms with Gasteiger partial charge in [-0.25, -0.2) is 0 Å². The summed E-state index contributed by atoms with van der Waals surface area (Å²) in [7, 11) is 1.75. The van der Waals surface area contributed by atoms with Gasteiger partial charge in [0.05, 0.1) is 36.6 Å². The number of fused-ring (bicyclic) bond motifs is 3. The second-order valence-electron chi connectivity index (χ2n) is 13.5. The summed E-state index contributed by atoms with van der Waals surface area (Å²) in [5.41, 5.74) is 7.07. The van der Waals surface area contributed by atoms with E-state index in [1.807, 2.05) is 6.92 Å². The van der Waals surface area contributed by atoms with Crippen LogP contribution in [0.1, 0.15) is 85.0 Å². The van der Waals surface area contributed by atoms with Gasteiger partial charge < -0.3 is 29.4 Å². The van der Waals surface area contributed by atoms with Crippen LogP contribution < -0.4 is 5.73 Å². The fraction of sp³-hybridized carbons (Fsp3) is 1.00. The average molecular weight is 476 g/mol. The Morgan fingerprint density at radius 1 is 0.941 bits per heavy atom. The number of rotatable bonds is 3. The lowest BCUT2D eigenvalue weighted by molar-refractivity contribution is -0.333. The first-order valence-electron chi connectivity index (χ1n) is 14.2. The van der Waals surface area contributed by atoms with Crippen molar-refractivity contribution in [3.63, 3.8) is 0 Å². The third-order valence-corrected chi connectivity index (χ3v) is 12.5. The summed E-state index contributed by atoms with van der Waals surface area (Å²) >= 11 is 0. The summed E-state index contributed by atoms with van der Waals surface area (Å²) in [6.45, 7) is 7.85. The largest absolute Gasteiger partial charge is 0.380 e. The van der Waals surface area contributed by atoms with Crippen LogP contribution in [-0.2, 0) is 23.7 Å². The molecule has 7 fully saturated rings. The molecule has 0 amide bonds. The zero-order chi connectivity index (χ0) is 23.5. The zero-order valence-corrected chi connectivity index (χ0v) is 21.6. The van der Waals surface area contributed by atoms with Crippen LogP contribution in [0, 0.1) is 34.5 Å². The molecular formula is C28H45NO5. The first kappa shape index (κ1) is 22.9. The van der Waals surface area contributed by atoms with E-state index in [-0.39, 0.29) is 42.0 Å². The number of ether oxygens (including phenoxy) is 5. The first-order valence-corrected chi connectivity index (χ1v) is 14.2. The monoisotopic (exact) mass is 475 g/mol. The van der Waals surface area contributed by atoms with Gasteiger partial charge in [0.15, 0.2) is 12.1 Å². The average Bonchev–Trinajstić information content (AvgIpc) is 3.38. The standard InChI is InChI=1S/C28H45NO5/c1-16-24(29)21(30-4)14-23(32-16)33-18-7-10-25(2)17(13-18)5-6-20-19(25)8-11-27-15-31-26(3)22(27)9-12-28(20,27)34-26/h16-24H,5-15,29H2,1-4H3/t16-,17?,18-,19?,20?,21+,22+,23-,24-,25-,26-,27-,28-/m0/s1. The van der Waals surface area contributed by atoms with Gasteiger partial charge >= 0.3 is 0 Å².